The lowest BCUT2D eigenvalue weighted by atomic mass is 10.3. The minimum atomic E-state index is -3.84. The minimum absolute atomic E-state index is 0.0835. The predicted octanol–water partition coefficient (Wildman–Crippen LogP) is 0.985. The minimum Gasteiger partial charge on any atom is -0.397 e. The highest BCUT2D eigenvalue weighted by molar-refractivity contribution is 8.01. The zero-order chi connectivity index (χ0) is 14.9. The molecular weight excluding hydrogens is 318 g/mol. The van der Waals surface area contributed by atoms with Gasteiger partial charge >= 0.3 is 0 Å². The summed E-state index contributed by atoms with van der Waals surface area (Å²) in [5, 5.41) is 13.9. The Morgan fingerprint density at radius 3 is 2.55 bits per heavy atom. The SMILES string of the molecule is CN(C)c1nnc(Sc2cccc(S(N)(=O)=O)c2N)s1. The van der Waals surface area contributed by atoms with Crippen molar-refractivity contribution < 1.29 is 8.42 Å². The number of hydrogen-bond donors (Lipinski definition) is 2. The van der Waals surface area contributed by atoms with Crippen molar-refractivity contribution in [3.63, 3.8) is 0 Å². The molecule has 10 heteroatoms. The lowest BCUT2D eigenvalue weighted by Gasteiger charge is -2.07. The molecule has 20 heavy (non-hydrogen) atoms. The van der Waals surface area contributed by atoms with Crippen molar-refractivity contribution in [2.24, 2.45) is 5.14 Å². The molecule has 1 heterocycles. The van der Waals surface area contributed by atoms with Crippen LogP contribution in [0.3, 0.4) is 0 Å². The number of benzene rings is 1. The molecule has 0 bridgehead atoms. The first-order valence-corrected chi connectivity index (χ1v) is 8.57. The lowest BCUT2D eigenvalue weighted by Crippen LogP contribution is -2.14. The first-order valence-electron chi connectivity index (χ1n) is 5.39. The van der Waals surface area contributed by atoms with Gasteiger partial charge in [0.2, 0.25) is 15.2 Å². The van der Waals surface area contributed by atoms with Crippen molar-refractivity contribution in [1.82, 2.24) is 10.2 Å². The fourth-order valence-electron chi connectivity index (χ4n) is 1.38. The van der Waals surface area contributed by atoms with E-state index in [1.165, 1.54) is 29.2 Å². The summed E-state index contributed by atoms with van der Waals surface area (Å²) in [4.78, 5) is 2.34. The van der Waals surface area contributed by atoms with Gasteiger partial charge in [-0.3, -0.25) is 0 Å². The zero-order valence-electron chi connectivity index (χ0n) is 10.8. The summed E-state index contributed by atoms with van der Waals surface area (Å²) in [6.07, 6.45) is 0. The van der Waals surface area contributed by atoms with Crippen LogP contribution >= 0.6 is 23.1 Å². The summed E-state index contributed by atoms with van der Waals surface area (Å²) >= 11 is 2.64. The second-order valence-electron chi connectivity index (χ2n) is 4.06. The standard InChI is InChI=1S/C10H13N5O2S3/c1-15(2)9-13-14-10(19-9)18-6-4-3-5-7(8(6)11)20(12,16)17/h3-5H,11H2,1-2H3,(H2,12,16,17). The molecule has 2 aromatic rings. The van der Waals surface area contributed by atoms with Crippen molar-refractivity contribution in [1.29, 1.82) is 0 Å². The average Bonchev–Trinajstić information content (AvgIpc) is 2.79. The third kappa shape index (κ3) is 3.20. The van der Waals surface area contributed by atoms with Gasteiger partial charge in [-0.15, -0.1) is 10.2 Å². The zero-order valence-corrected chi connectivity index (χ0v) is 13.2. The van der Waals surface area contributed by atoms with E-state index in [2.05, 4.69) is 10.2 Å². The van der Waals surface area contributed by atoms with Gasteiger partial charge in [0, 0.05) is 19.0 Å². The molecule has 0 aliphatic carbocycles. The summed E-state index contributed by atoms with van der Waals surface area (Å²) in [6.45, 7) is 0. The Hall–Kier alpha value is -1.36. The highest BCUT2D eigenvalue weighted by Gasteiger charge is 2.16. The third-order valence-corrected chi connectivity index (χ3v) is 5.50. The van der Waals surface area contributed by atoms with Crippen LogP contribution in [0.25, 0.3) is 0 Å². The summed E-state index contributed by atoms with van der Waals surface area (Å²) in [6, 6.07) is 4.68. The molecule has 0 atom stereocenters. The molecule has 0 fully saturated rings. The Bertz CT molecular complexity index is 726. The quantitative estimate of drug-likeness (QED) is 0.802. The fraction of sp³-hybridized carbons (Fsp3) is 0.200. The molecule has 108 valence electrons. The number of nitrogens with zero attached hydrogens (tertiary/aromatic N) is 3. The number of nitrogen functional groups attached to an aromatic ring is 1. The van der Waals surface area contributed by atoms with E-state index < -0.39 is 10.0 Å². The van der Waals surface area contributed by atoms with Crippen LogP contribution in [0.5, 0.6) is 0 Å². The highest BCUT2D eigenvalue weighted by Crippen LogP contribution is 2.37. The van der Waals surface area contributed by atoms with Gasteiger partial charge in [-0.2, -0.15) is 0 Å². The van der Waals surface area contributed by atoms with Gasteiger partial charge < -0.3 is 10.6 Å². The van der Waals surface area contributed by atoms with Gasteiger partial charge in [-0.1, -0.05) is 29.2 Å². The molecule has 0 unspecified atom stereocenters. The number of aromatic nitrogens is 2. The number of anilines is 2. The monoisotopic (exact) mass is 331 g/mol. The first kappa shape index (κ1) is 15.0. The number of primary sulfonamides is 1. The van der Waals surface area contributed by atoms with Crippen LogP contribution in [0.15, 0.2) is 32.3 Å². The molecule has 1 aromatic carbocycles. The fourth-order valence-corrected chi connectivity index (χ4v) is 3.93. The number of rotatable bonds is 4. The molecular formula is C10H13N5O2S3. The van der Waals surface area contributed by atoms with Crippen LogP contribution < -0.4 is 15.8 Å². The van der Waals surface area contributed by atoms with Gasteiger partial charge in [0.15, 0.2) is 4.34 Å². The van der Waals surface area contributed by atoms with Crippen LogP contribution in [-0.4, -0.2) is 32.7 Å². The van der Waals surface area contributed by atoms with E-state index in [1.54, 1.807) is 12.1 Å². The Morgan fingerprint density at radius 2 is 2.00 bits per heavy atom. The summed E-state index contributed by atoms with van der Waals surface area (Å²) in [5.41, 5.74) is 5.98. The molecule has 0 aliphatic rings. The van der Waals surface area contributed by atoms with Gasteiger partial charge in [0.1, 0.15) is 4.90 Å². The number of para-hydroxylation sites is 1. The van der Waals surface area contributed by atoms with Crippen molar-refractivity contribution in [2.75, 3.05) is 24.7 Å². The van der Waals surface area contributed by atoms with Crippen LogP contribution in [-0.2, 0) is 10.0 Å². The van der Waals surface area contributed by atoms with E-state index in [0.717, 1.165) is 5.13 Å². The number of nitrogens with two attached hydrogens (primary N) is 2. The Balaban J connectivity index is 2.34. The molecule has 0 saturated heterocycles. The van der Waals surface area contributed by atoms with E-state index in [9.17, 15) is 8.42 Å². The smallest absolute Gasteiger partial charge is 0.240 e. The molecule has 0 saturated carbocycles. The number of hydrogen-bond acceptors (Lipinski definition) is 8. The number of sulfonamides is 1. The maximum atomic E-state index is 11.4. The van der Waals surface area contributed by atoms with Gasteiger partial charge in [0.05, 0.1) is 5.69 Å². The molecule has 0 radical (unpaired) electrons. The summed E-state index contributed by atoms with van der Waals surface area (Å²) < 4.78 is 23.5. The van der Waals surface area contributed by atoms with E-state index in [-0.39, 0.29) is 10.6 Å². The largest absolute Gasteiger partial charge is 0.397 e. The van der Waals surface area contributed by atoms with Crippen molar-refractivity contribution in [2.45, 2.75) is 14.1 Å². The van der Waals surface area contributed by atoms with E-state index in [1.807, 2.05) is 19.0 Å². The first-order chi connectivity index (χ1) is 9.29. The van der Waals surface area contributed by atoms with Crippen LogP contribution in [0.1, 0.15) is 0 Å². The lowest BCUT2D eigenvalue weighted by molar-refractivity contribution is 0.598. The van der Waals surface area contributed by atoms with Crippen LogP contribution in [0.2, 0.25) is 0 Å². The predicted molar refractivity (Wildman–Crippen MR) is 80.6 cm³/mol. The van der Waals surface area contributed by atoms with Gasteiger partial charge in [-0.25, -0.2) is 13.6 Å². The molecule has 7 nitrogen and oxygen atoms in total. The molecule has 0 aliphatic heterocycles. The van der Waals surface area contributed by atoms with Crippen molar-refractivity contribution in [3.05, 3.63) is 18.2 Å². The summed E-state index contributed by atoms with van der Waals surface area (Å²) in [7, 11) is -0.104. The van der Waals surface area contributed by atoms with Crippen LogP contribution in [0.4, 0.5) is 10.8 Å². The van der Waals surface area contributed by atoms with E-state index in [4.69, 9.17) is 10.9 Å². The highest BCUT2D eigenvalue weighted by atomic mass is 32.2. The molecule has 0 spiro atoms. The van der Waals surface area contributed by atoms with Crippen molar-refractivity contribution in [3.8, 4) is 0 Å². The second kappa shape index (κ2) is 5.56. The summed E-state index contributed by atoms with van der Waals surface area (Å²) in [5.74, 6) is 0. The normalized spacial score (nSPS) is 11.6. The Kier molecular flexibility index (Phi) is 4.18. The van der Waals surface area contributed by atoms with Gasteiger partial charge in [0.25, 0.3) is 0 Å². The molecule has 0 amide bonds. The van der Waals surface area contributed by atoms with E-state index >= 15 is 0 Å². The molecule has 1 aromatic heterocycles. The average molecular weight is 331 g/mol. The van der Waals surface area contributed by atoms with Gasteiger partial charge in [-0.05, 0) is 12.1 Å². The maximum absolute atomic E-state index is 11.4. The van der Waals surface area contributed by atoms with Crippen LogP contribution in [0, 0.1) is 0 Å². The Morgan fingerprint density at radius 1 is 1.30 bits per heavy atom. The topological polar surface area (TPSA) is 115 Å². The Labute approximate surface area is 125 Å². The maximum Gasteiger partial charge on any atom is 0.240 e. The second-order valence-corrected chi connectivity index (χ2v) is 7.83. The van der Waals surface area contributed by atoms with E-state index in [0.29, 0.717) is 9.24 Å². The molecule has 4 N–H and O–H groups in total. The third-order valence-electron chi connectivity index (χ3n) is 2.31. The molecule has 2 rings (SSSR count). The van der Waals surface area contributed by atoms with Crippen molar-refractivity contribution >= 4 is 43.9 Å².